The van der Waals surface area contributed by atoms with Gasteiger partial charge in [0.15, 0.2) is 0 Å². The Morgan fingerprint density at radius 3 is 2.38 bits per heavy atom. The smallest absolute Gasteiger partial charge is 0.226 e. The molecule has 0 saturated carbocycles. The Labute approximate surface area is 124 Å². The summed E-state index contributed by atoms with van der Waals surface area (Å²) in [4.78, 5) is 12.4. The summed E-state index contributed by atoms with van der Waals surface area (Å²) in [6, 6.07) is 20.1. The van der Waals surface area contributed by atoms with Gasteiger partial charge in [0.2, 0.25) is 5.91 Å². The second-order valence-corrected chi connectivity index (χ2v) is 5.36. The molecule has 2 atom stereocenters. The molecule has 0 spiro atoms. The summed E-state index contributed by atoms with van der Waals surface area (Å²) in [6.45, 7) is 1.69. The number of carbonyl (C=O) groups excluding carboxylic acids is 1. The average molecular weight is 281 g/mol. The highest BCUT2D eigenvalue weighted by atomic mass is 16.5. The highest BCUT2D eigenvalue weighted by molar-refractivity contribution is 5.80. The van der Waals surface area contributed by atoms with E-state index in [4.69, 9.17) is 4.74 Å². The maximum atomic E-state index is 12.4. The van der Waals surface area contributed by atoms with Gasteiger partial charge >= 0.3 is 0 Å². The van der Waals surface area contributed by atoms with Crippen LogP contribution >= 0.6 is 0 Å². The molecule has 0 unspecified atom stereocenters. The molecule has 1 N–H and O–H groups in total. The van der Waals surface area contributed by atoms with Gasteiger partial charge in [-0.1, -0.05) is 60.7 Å². The molecule has 2 aromatic carbocycles. The van der Waals surface area contributed by atoms with Crippen LogP contribution in [-0.2, 0) is 16.1 Å². The van der Waals surface area contributed by atoms with Crippen molar-refractivity contribution in [2.75, 3.05) is 13.2 Å². The number of hydrogen-bond donors (Lipinski definition) is 1. The van der Waals surface area contributed by atoms with Crippen LogP contribution in [0.25, 0.3) is 0 Å². The van der Waals surface area contributed by atoms with Gasteiger partial charge in [-0.15, -0.1) is 0 Å². The molecular weight excluding hydrogens is 262 g/mol. The van der Waals surface area contributed by atoms with Gasteiger partial charge in [-0.2, -0.15) is 0 Å². The van der Waals surface area contributed by atoms with E-state index in [9.17, 15) is 4.79 Å². The summed E-state index contributed by atoms with van der Waals surface area (Å²) in [5.41, 5.74) is 2.29. The minimum Gasteiger partial charge on any atom is -0.380 e. The Morgan fingerprint density at radius 2 is 1.67 bits per heavy atom. The normalized spacial score (nSPS) is 21.1. The third-order valence-electron chi connectivity index (χ3n) is 3.95. The van der Waals surface area contributed by atoms with E-state index in [2.05, 4.69) is 17.4 Å². The zero-order valence-electron chi connectivity index (χ0n) is 11.9. The van der Waals surface area contributed by atoms with Crippen molar-refractivity contribution in [1.29, 1.82) is 0 Å². The van der Waals surface area contributed by atoms with Crippen molar-refractivity contribution < 1.29 is 9.53 Å². The lowest BCUT2D eigenvalue weighted by molar-refractivity contribution is -0.125. The quantitative estimate of drug-likeness (QED) is 0.936. The first kappa shape index (κ1) is 13.8. The summed E-state index contributed by atoms with van der Waals surface area (Å²) in [5, 5.41) is 3.02. The minimum absolute atomic E-state index is 0.0743. The van der Waals surface area contributed by atoms with E-state index in [1.165, 1.54) is 5.56 Å². The van der Waals surface area contributed by atoms with Crippen molar-refractivity contribution in [2.24, 2.45) is 5.92 Å². The van der Waals surface area contributed by atoms with Gasteiger partial charge in [0.05, 0.1) is 19.1 Å². The number of ether oxygens (including phenoxy) is 1. The van der Waals surface area contributed by atoms with E-state index in [0.29, 0.717) is 19.8 Å². The third-order valence-corrected chi connectivity index (χ3v) is 3.95. The van der Waals surface area contributed by atoms with Crippen LogP contribution in [0.3, 0.4) is 0 Å². The molecular formula is C18H19NO2. The van der Waals surface area contributed by atoms with Crippen LogP contribution < -0.4 is 5.32 Å². The summed E-state index contributed by atoms with van der Waals surface area (Å²) in [7, 11) is 0. The molecule has 1 aliphatic rings. The standard InChI is InChI=1S/C18H19NO2/c20-18(19-11-14-7-3-1-4-8-14)17-13-21-12-16(17)15-9-5-2-6-10-15/h1-10,16-17H,11-13H2,(H,19,20)/t16-,17-/m1/s1. The number of carbonyl (C=O) groups is 1. The molecule has 21 heavy (non-hydrogen) atoms. The molecule has 1 heterocycles. The largest absolute Gasteiger partial charge is 0.380 e. The first-order valence-electron chi connectivity index (χ1n) is 7.29. The monoisotopic (exact) mass is 281 g/mol. The molecule has 3 nitrogen and oxygen atoms in total. The molecule has 1 aliphatic heterocycles. The van der Waals surface area contributed by atoms with E-state index < -0.39 is 0 Å². The van der Waals surface area contributed by atoms with Crippen LogP contribution in [0.1, 0.15) is 17.0 Å². The number of amides is 1. The van der Waals surface area contributed by atoms with Gasteiger partial charge in [-0.3, -0.25) is 4.79 Å². The summed E-state index contributed by atoms with van der Waals surface area (Å²) in [5.74, 6) is 0.128. The van der Waals surface area contributed by atoms with Crippen LogP contribution in [0.15, 0.2) is 60.7 Å². The molecule has 3 heteroatoms. The van der Waals surface area contributed by atoms with Gasteiger partial charge < -0.3 is 10.1 Å². The van der Waals surface area contributed by atoms with Gasteiger partial charge in [-0.25, -0.2) is 0 Å². The SMILES string of the molecule is O=C(NCc1ccccc1)[C@@H]1COC[C@@H]1c1ccccc1. The van der Waals surface area contributed by atoms with Crippen molar-refractivity contribution in [2.45, 2.75) is 12.5 Å². The lowest BCUT2D eigenvalue weighted by Crippen LogP contribution is -2.33. The average Bonchev–Trinajstić information content (AvgIpc) is 3.04. The van der Waals surface area contributed by atoms with E-state index in [1.807, 2.05) is 48.5 Å². The van der Waals surface area contributed by atoms with Crippen LogP contribution in [0.5, 0.6) is 0 Å². The van der Waals surface area contributed by atoms with Crippen LogP contribution in [0.2, 0.25) is 0 Å². The lowest BCUT2D eigenvalue weighted by Gasteiger charge is -2.17. The maximum absolute atomic E-state index is 12.4. The van der Waals surface area contributed by atoms with Crippen molar-refractivity contribution >= 4 is 5.91 Å². The minimum atomic E-state index is -0.101. The lowest BCUT2D eigenvalue weighted by atomic mass is 9.88. The van der Waals surface area contributed by atoms with E-state index >= 15 is 0 Å². The summed E-state index contributed by atoms with van der Waals surface area (Å²) in [6.07, 6.45) is 0. The Bertz CT molecular complexity index is 583. The van der Waals surface area contributed by atoms with Crippen LogP contribution in [0.4, 0.5) is 0 Å². The van der Waals surface area contributed by atoms with Crippen LogP contribution in [0, 0.1) is 5.92 Å². The van der Waals surface area contributed by atoms with Crippen LogP contribution in [-0.4, -0.2) is 19.1 Å². The molecule has 0 bridgehead atoms. The fourth-order valence-electron chi connectivity index (χ4n) is 2.76. The van der Waals surface area contributed by atoms with E-state index in [-0.39, 0.29) is 17.7 Å². The zero-order chi connectivity index (χ0) is 14.5. The number of nitrogens with one attached hydrogen (secondary N) is 1. The number of benzene rings is 2. The van der Waals surface area contributed by atoms with E-state index in [0.717, 1.165) is 5.56 Å². The molecule has 1 fully saturated rings. The number of hydrogen-bond acceptors (Lipinski definition) is 2. The predicted molar refractivity (Wildman–Crippen MR) is 81.8 cm³/mol. The van der Waals surface area contributed by atoms with Gasteiger partial charge in [0, 0.05) is 12.5 Å². The highest BCUT2D eigenvalue weighted by Crippen LogP contribution is 2.30. The molecule has 0 aliphatic carbocycles. The second-order valence-electron chi connectivity index (χ2n) is 5.36. The fourth-order valence-corrected chi connectivity index (χ4v) is 2.76. The zero-order valence-corrected chi connectivity index (χ0v) is 11.9. The molecule has 0 radical (unpaired) electrons. The molecule has 108 valence electrons. The van der Waals surface area contributed by atoms with E-state index in [1.54, 1.807) is 0 Å². The van der Waals surface area contributed by atoms with Gasteiger partial charge in [0.25, 0.3) is 0 Å². The summed E-state index contributed by atoms with van der Waals surface area (Å²) >= 11 is 0. The molecule has 3 rings (SSSR count). The van der Waals surface area contributed by atoms with Gasteiger partial charge in [-0.05, 0) is 11.1 Å². The van der Waals surface area contributed by atoms with Crippen molar-refractivity contribution in [3.05, 3.63) is 71.8 Å². The van der Waals surface area contributed by atoms with Crippen molar-refractivity contribution in [1.82, 2.24) is 5.32 Å². The molecule has 1 amide bonds. The fraction of sp³-hybridized carbons (Fsp3) is 0.278. The van der Waals surface area contributed by atoms with Crippen molar-refractivity contribution in [3.63, 3.8) is 0 Å². The predicted octanol–water partition coefficient (Wildman–Crippen LogP) is 2.73. The molecule has 1 saturated heterocycles. The first-order chi connectivity index (χ1) is 10.3. The second kappa shape index (κ2) is 6.55. The first-order valence-corrected chi connectivity index (χ1v) is 7.29. The third kappa shape index (κ3) is 3.31. The number of rotatable bonds is 4. The highest BCUT2D eigenvalue weighted by Gasteiger charge is 2.34. The van der Waals surface area contributed by atoms with Gasteiger partial charge in [0.1, 0.15) is 0 Å². The maximum Gasteiger partial charge on any atom is 0.226 e. The van der Waals surface area contributed by atoms with Crippen molar-refractivity contribution in [3.8, 4) is 0 Å². The Hall–Kier alpha value is -2.13. The summed E-state index contributed by atoms with van der Waals surface area (Å²) < 4.78 is 5.54. The Balaban J connectivity index is 1.64. The molecule has 2 aromatic rings. The topological polar surface area (TPSA) is 38.3 Å². The Morgan fingerprint density at radius 1 is 1.00 bits per heavy atom. The Kier molecular flexibility index (Phi) is 4.31. The molecule has 0 aromatic heterocycles.